The molecule has 1 heterocycles. The molecule has 2 rings (SSSR count). The van der Waals surface area contributed by atoms with E-state index in [1.54, 1.807) is 6.92 Å². The van der Waals surface area contributed by atoms with Crippen LogP contribution in [0.4, 0.5) is 17.1 Å². The summed E-state index contributed by atoms with van der Waals surface area (Å²) < 4.78 is 5.13. The average Bonchev–Trinajstić information content (AvgIpc) is 2.36. The second-order valence-electron chi connectivity index (χ2n) is 4.68. The molecule has 1 aromatic rings. The van der Waals surface area contributed by atoms with Gasteiger partial charge < -0.3 is 21.1 Å². The third-order valence-electron chi connectivity index (χ3n) is 2.84. The van der Waals surface area contributed by atoms with Crippen LogP contribution >= 0.6 is 0 Å². The van der Waals surface area contributed by atoms with Gasteiger partial charge in [0.25, 0.3) is 11.6 Å². The number of primary amides is 1. The molecule has 0 fully saturated rings. The minimum absolute atomic E-state index is 0.0249. The zero-order valence-corrected chi connectivity index (χ0v) is 11.2. The Morgan fingerprint density at radius 3 is 2.95 bits per heavy atom. The Balaban J connectivity index is 2.34. The van der Waals surface area contributed by atoms with E-state index < -0.39 is 10.8 Å². The predicted octanol–water partition coefficient (Wildman–Crippen LogP) is 0.601. The first-order valence-electron chi connectivity index (χ1n) is 6.16. The molecular weight excluding hydrogens is 280 g/mol. The van der Waals surface area contributed by atoms with Gasteiger partial charge in [-0.15, -0.1) is 0 Å². The van der Waals surface area contributed by atoms with Crippen LogP contribution in [0.3, 0.4) is 0 Å². The summed E-state index contributed by atoms with van der Waals surface area (Å²) in [6.45, 7) is 1.48. The topological polar surface area (TPSA) is 137 Å². The van der Waals surface area contributed by atoms with Crippen LogP contribution in [-0.4, -0.2) is 29.4 Å². The maximum atomic E-state index is 11.3. The van der Waals surface area contributed by atoms with Crippen LogP contribution in [0.15, 0.2) is 12.1 Å². The first kappa shape index (κ1) is 14.6. The predicted molar refractivity (Wildman–Crippen MR) is 74.1 cm³/mol. The number of ether oxygens (including phenoxy) is 1. The van der Waals surface area contributed by atoms with E-state index in [2.05, 4.69) is 10.6 Å². The van der Waals surface area contributed by atoms with Crippen LogP contribution in [0.1, 0.15) is 13.3 Å². The van der Waals surface area contributed by atoms with Crippen molar-refractivity contribution in [1.82, 2.24) is 0 Å². The van der Waals surface area contributed by atoms with E-state index in [1.165, 1.54) is 12.1 Å². The van der Waals surface area contributed by atoms with Crippen molar-refractivity contribution in [3.8, 4) is 5.75 Å². The molecule has 0 aromatic heterocycles. The van der Waals surface area contributed by atoms with E-state index in [0.29, 0.717) is 5.69 Å². The number of anilines is 2. The van der Waals surface area contributed by atoms with Crippen molar-refractivity contribution in [1.29, 1.82) is 0 Å². The van der Waals surface area contributed by atoms with Gasteiger partial charge in [0.05, 0.1) is 16.7 Å². The lowest BCUT2D eigenvalue weighted by Crippen LogP contribution is -2.27. The van der Waals surface area contributed by atoms with Gasteiger partial charge in [0, 0.05) is 12.5 Å². The van der Waals surface area contributed by atoms with Crippen molar-refractivity contribution >= 4 is 28.9 Å². The Morgan fingerprint density at radius 2 is 2.33 bits per heavy atom. The fourth-order valence-electron chi connectivity index (χ4n) is 2.00. The van der Waals surface area contributed by atoms with Crippen LogP contribution in [-0.2, 0) is 9.59 Å². The zero-order chi connectivity index (χ0) is 15.6. The summed E-state index contributed by atoms with van der Waals surface area (Å²) in [7, 11) is 0. The van der Waals surface area contributed by atoms with Gasteiger partial charge in [-0.3, -0.25) is 19.7 Å². The van der Waals surface area contributed by atoms with E-state index in [0.717, 1.165) is 0 Å². The number of nitro benzene ring substituents is 1. The number of hydrogen-bond donors (Lipinski definition) is 3. The van der Waals surface area contributed by atoms with Crippen molar-refractivity contribution in [2.24, 2.45) is 5.73 Å². The Labute approximate surface area is 119 Å². The third-order valence-corrected chi connectivity index (χ3v) is 2.84. The maximum absolute atomic E-state index is 11.3. The molecule has 0 saturated heterocycles. The Kier molecular flexibility index (Phi) is 3.92. The molecule has 1 aromatic carbocycles. The highest BCUT2D eigenvalue weighted by Crippen LogP contribution is 2.38. The molecule has 21 heavy (non-hydrogen) atoms. The molecular formula is C12H14N4O5. The quantitative estimate of drug-likeness (QED) is 0.537. The summed E-state index contributed by atoms with van der Waals surface area (Å²) in [6, 6.07) is 2.25. The van der Waals surface area contributed by atoms with Crippen molar-refractivity contribution in [2.75, 3.05) is 17.2 Å². The molecule has 9 heteroatoms. The van der Waals surface area contributed by atoms with Crippen LogP contribution in [0.5, 0.6) is 5.75 Å². The van der Waals surface area contributed by atoms with Gasteiger partial charge in [0.15, 0.2) is 12.4 Å². The van der Waals surface area contributed by atoms with Crippen LogP contribution in [0.25, 0.3) is 0 Å². The number of nitrogens with zero attached hydrogens (tertiary/aromatic N) is 1. The van der Waals surface area contributed by atoms with Crippen molar-refractivity contribution in [2.45, 2.75) is 19.4 Å². The molecule has 1 aliphatic rings. The molecule has 0 radical (unpaired) electrons. The molecule has 4 N–H and O–H groups in total. The van der Waals surface area contributed by atoms with Gasteiger partial charge in [0.2, 0.25) is 5.91 Å². The van der Waals surface area contributed by atoms with Crippen LogP contribution < -0.4 is 21.1 Å². The average molecular weight is 294 g/mol. The molecule has 0 spiro atoms. The molecule has 2 amide bonds. The number of carbonyl (C=O) groups excluding carboxylic acids is 2. The lowest BCUT2D eigenvalue weighted by molar-refractivity contribution is -0.384. The van der Waals surface area contributed by atoms with Gasteiger partial charge in [-0.2, -0.15) is 0 Å². The molecule has 112 valence electrons. The summed E-state index contributed by atoms with van der Waals surface area (Å²) >= 11 is 0. The minimum atomic E-state index is -0.570. The standard InChI is InChI=1S/C12H14N4O5/c1-6(2-11(13)17)14-7-3-8-10(4-9(7)16(19)20)21-5-12(18)15-8/h3-4,6,14H,2,5H2,1H3,(H2,13,17)(H,15,18). The normalized spacial score (nSPS) is 14.4. The van der Waals surface area contributed by atoms with Gasteiger partial charge in [-0.05, 0) is 13.0 Å². The highest BCUT2D eigenvalue weighted by Gasteiger charge is 2.24. The summed E-state index contributed by atoms with van der Waals surface area (Å²) in [5.41, 5.74) is 5.39. The summed E-state index contributed by atoms with van der Waals surface area (Å²) in [5.74, 6) is -0.630. The van der Waals surface area contributed by atoms with Crippen molar-refractivity contribution in [3.63, 3.8) is 0 Å². The van der Waals surface area contributed by atoms with Gasteiger partial charge in [-0.25, -0.2) is 0 Å². The fourth-order valence-corrected chi connectivity index (χ4v) is 2.00. The van der Waals surface area contributed by atoms with E-state index in [1.807, 2.05) is 0 Å². The number of benzene rings is 1. The Bertz CT molecular complexity index is 616. The summed E-state index contributed by atoms with van der Waals surface area (Å²) in [5, 5.41) is 16.5. The van der Waals surface area contributed by atoms with E-state index >= 15 is 0 Å². The number of nitro groups is 1. The minimum Gasteiger partial charge on any atom is -0.481 e. The maximum Gasteiger partial charge on any atom is 0.296 e. The molecule has 1 unspecified atom stereocenters. The highest BCUT2D eigenvalue weighted by molar-refractivity contribution is 5.96. The van der Waals surface area contributed by atoms with Gasteiger partial charge >= 0.3 is 0 Å². The first-order chi connectivity index (χ1) is 9.86. The van der Waals surface area contributed by atoms with E-state index in [4.69, 9.17) is 10.5 Å². The SMILES string of the molecule is CC(CC(N)=O)Nc1cc2c(cc1[N+](=O)[O-])OCC(=O)N2. The van der Waals surface area contributed by atoms with Crippen molar-refractivity contribution < 1.29 is 19.2 Å². The molecule has 0 aliphatic carbocycles. The van der Waals surface area contributed by atoms with Crippen LogP contribution in [0.2, 0.25) is 0 Å². The van der Waals surface area contributed by atoms with E-state index in [9.17, 15) is 19.7 Å². The molecule has 1 aliphatic heterocycles. The van der Waals surface area contributed by atoms with Gasteiger partial charge in [0.1, 0.15) is 5.69 Å². The Hall–Kier alpha value is -2.84. The smallest absolute Gasteiger partial charge is 0.296 e. The Morgan fingerprint density at radius 1 is 1.62 bits per heavy atom. The van der Waals surface area contributed by atoms with Crippen molar-refractivity contribution in [3.05, 3.63) is 22.2 Å². The number of nitrogens with two attached hydrogens (primary N) is 1. The monoisotopic (exact) mass is 294 g/mol. The fraction of sp³-hybridized carbons (Fsp3) is 0.333. The second-order valence-corrected chi connectivity index (χ2v) is 4.68. The second kappa shape index (κ2) is 5.65. The van der Waals surface area contributed by atoms with Gasteiger partial charge in [-0.1, -0.05) is 0 Å². The molecule has 0 bridgehead atoms. The number of fused-ring (bicyclic) bond motifs is 1. The summed E-state index contributed by atoms with van der Waals surface area (Å²) in [6.07, 6.45) is 0.0249. The molecule has 0 saturated carbocycles. The van der Waals surface area contributed by atoms with Crippen LogP contribution in [0, 0.1) is 10.1 Å². The van der Waals surface area contributed by atoms with E-state index in [-0.39, 0.29) is 42.1 Å². The number of nitrogens with one attached hydrogen (secondary N) is 2. The largest absolute Gasteiger partial charge is 0.481 e. The zero-order valence-electron chi connectivity index (χ0n) is 11.2. The molecule has 1 atom stereocenters. The third kappa shape index (κ3) is 3.38. The summed E-state index contributed by atoms with van der Waals surface area (Å²) in [4.78, 5) is 32.7. The highest BCUT2D eigenvalue weighted by atomic mass is 16.6. The lowest BCUT2D eigenvalue weighted by atomic mass is 10.1. The molecule has 9 nitrogen and oxygen atoms in total. The number of hydrogen-bond acceptors (Lipinski definition) is 6. The number of amides is 2. The number of rotatable bonds is 5. The lowest BCUT2D eigenvalue weighted by Gasteiger charge is -2.20. The number of carbonyl (C=O) groups is 2. The first-order valence-corrected chi connectivity index (χ1v) is 6.16.